The highest BCUT2D eigenvalue weighted by molar-refractivity contribution is 7.98. The van der Waals surface area contributed by atoms with Crippen LogP contribution < -0.4 is 5.90 Å². The van der Waals surface area contributed by atoms with Crippen molar-refractivity contribution in [1.82, 2.24) is 0 Å². The van der Waals surface area contributed by atoms with Crippen LogP contribution in [-0.4, -0.2) is 6.26 Å². The van der Waals surface area contributed by atoms with E-state index in [9.17, 15) is 8.78 Å². The predicted molar refractivity (Wildman–Crippen MR) is 47.1 cm³/mol. The summed E-state index contributed by atoms with van der Waals surface area (Å²) in [6.07, 6.45) is 1.61. The van der Waals surface area contributed by atoms with Gasteiger partial charge in [-0.3, -0.25) is 4.84 Å². The van der Waals surface area contributed by atoms with Crippen LogP contribution in [-0.2, 0) is 11.4 Å². The summed E-state index contributed by atoms with van der Waals surface area (Å²) < 4.78 is 26.3. The van der Waals surface area contributed by atoms with Crippen LogP contribution in [0.2, 0.25) is 0 Å². The molecule has 0 saturated heterocycles. The number of halogens is 2. The van der Waals surface area contributed by atoms with Gasteiger partial charge < -0.3 is 0 Å². The Bertz CT molecular complexity index is 306. The first-order valence-corrected chi connectivity index (χ1v) is 4.75. The first-order chi connectivity index (χ1) is 6.20. The summed E-state index contributed by atoms with van der Waals surface area (Å²) in [7, 11) is 0. The van der Waals surface area contributed by atoms with Gasteiger partial charge in [-0.2, -0.15) is 0 Å². The SMILES string of the molecule is CSc1c(F)ccc(CON)c1F. The molecule has 0 fully saturated rings. The predicted octanol–water partition coefficient (Wildman–Crippen LogP) is 2.08. The van der Waals surface area contributed by atoms with Gasteiger partial charge in [-0.15, -0.1) is 11.8 Å². The van der Waals surface area contributed by atoms with E-state index in [1.807, 2.05) is 0 Å². The maximum Gasteiger partial charge on any atom is 0.145 e. The number of thioether (sulfide) groups is 1. The molecule has 0 atom stereocenters. The fourth-order valence-electron chi connectivity index (χ4n) is 0.962. The zero-order chi connectivity index (χ0) is 9.84. The Morgan fingerprint density at radius 2 is 2.15 bits per heavy atom. The Hall–Kier alpha value is -0.650. The summed E-state index contributed by atoms with van der Waals surface area (Å²) in [5.41, 5.74) is 0.258. The van der Waals surface area contributed by atoms with Crippen LogP contribution in [0.4, 0.5) is 8.78 Å². The molecule has 0 heterocycles. The van der Waals surface area contributed by atoms with Crippen molar-refractivity contribution in [2.45, 2.75) is 11.5 Å². The van der Waals surface area contributed by atoms with E-state index in [-0.39, 0.29) is 17.1 Å². The summed E-state index contributed by atoms with van der Waals surface area (Å²) >= 11 is 1.02. The van der Waals surface area contributed by atoms with Crippen molar-refractivity contribution in [1.29, 1.82) is 0 Å². The van der Waals surface area contributed by atoms with Gasteiger partial charge >= 0.3 is 0 Å². The fourth-order valence-corrected chi connectivity index (χ4v) is 1.53. The van der Waals surface area contributed by atoms with Crippen LogP contribution in [0.3, 0.4) is 0 Å². The molecule has 0 aliphatic carbocycles. The molecule has 0 aliphatic heterocycles. The van der Waals surface area contributed by atoms with Crippen molar-refractivity contribution < 1.29 is 13.6 Å². The Morgan fingerprint density at radius 3 is 2.69 bits per heavy atom. The lowest BCUT2D eigenvalue weighted by Gasteiger charge is -2.05. The third kappa shape index (κ3) is 2.18. The van der Waals surface area contributed by atoms with Crippen molar-refractivity contribution in [3.8, 4) is 0 Å². The normalized spacial score (nSPS) is 10.5. The number of hydrogen-bond donors (Lipinski definition) is 1. The van der Waals surface area contributed by atoms with Crippen molar-refractivity contribution in [3.05, 3.63) is 29.3 Å². The topological polar surface area (TPSA) is 35.2 Å². The molecule has 0 saturated carbocycles. The van der Waals surface area contributed by atoms with Gasteiger partial charge in [-0.25, -0.2) is 14.7 Å². The number of rotatable bonds is 3. The van der Waals surface area contributed by atoms with E-state index in [4.69, 9.17) is 5.90 Å². The van der Waals surface area contributed by atoms with Crippen molar-refractivity contribution in [2.24, 2.45) is 5.90 Å². The molecule has 72 valence electrons. The smallest absolute Gasteiger partial charge is 0.145 e. The van der Waals surface area contributed by atoms with Gasteiger partial charge in [-0.05, 0) is 12.3 Å². The molecule has 1 aromatic carbocycles. The Balaban J connectivity index is 3.11. The molecule has 13 heavy (non-hydrogen) atoms. The lowest BCUT2D eigenvalue weighted by molar-refractivity contribution is 0.121. The minimum absolute atomic E-state index is 0.00505. The zero-order valence-corrected chi connectivity index (χ0v) is 7.83. The average molecular weight is 205 g/mol. The van der Waals surface area contributed by atoms with E-state index in [1.165, 1.54) is 12.1 Å². The number of nitrogens with two attached hydrogens (primary N) is 1. The largest absolute Gasteiger partial charge is 0.300 e. The molecular formula is C8H9F2NOS. The zero-order valence-electron chi connectivity index (χ0n) is 7.01. The van der Waals surface area contributed by atoms with Crippen LogP contribution in [0.1, 0.15) is 5.56 Å². The van der Waals surface area contributed by atoms with Gasteiger partial charge in [0.05, 0.1) is 11.5 Å². The molecule has 0 amide bonds. The molecule has 1 rings (SSSR count). The lowest BCUT2D eigenvalue weighted by atomic mass is 10.2. The molecule has 2 nitrogen and oxygen atoms in total. The first-order valence-electron chi connectivity index (χ1n) is 3.53. The first kappa shape index (κ1) is 10.4. The van der Waals surface area contributed by atoms with E-state index in [0.29, 0.717) is 0 Å². The van der Waals surface area contributed by atoms with E-state index >= 15 is 0 Å². The van der Waals surface area contributed by atoms with Crippen molar-refractivity contribution in [2.75, 3.05) is 6.26 Å². The monoisotopic (exact) mass is 205 g/mol. The quantitative estimate of drug-likeness (QED) is 0.606. The average Bonchev–Trinajstić information content (AvgIpc) is 2.11. The molecule has 1 aromatic rings. The minimum Gasteiger partial charge on any atom is -0.300 e. The van der Waals surface area contributed by atoms with Crippen molar-refractivity contribution >= 4 is 11.8 Å². The molecule has 0 bridgehead atoms. The van der Waals surface area contributed by atoms with Crippen LogP contribution in [0.15, 0.2) is 17.0 Å². The second-order valence-electron chi connectivity index (χ2n) is 2.36. The maximum atomic E-state index is 13.3. The molecule has 0 aromatic heterocycles. The Kier molecular flexibility index (Phi) is 3.65. The van der Waals surface area contributed by atoms with Crippen LogP contribution in [0.25, 0.3) is 0 Å². The molecule has 0 spiro atoms. The van der Waals surface area contributed by atoms with Crippen LogP contribution in [0, 0.1) is 11.6 Å². The standard InChI is InChI=1S/C8H9F2NOS/c1-13-8-6(9)3-2-5(4-12-11)7(8)10/h2-3H,4,11H2,1H3. The van der Waals surface area contributed by atoms with Gasteiger partial charge in [-0.1, -0.05) is 6.07 Å². The van der Waals surface area contributed by atoms with E-state index < -0.39 is 11.6 Å². The Labute approximate surface area is 79.0 Å². The molecule has 0 radical (unpaired) electrons. The highest BCUT2D eigenvalue weighted by Crippen LogP contribution is 2.25. The lowest BCUT2D eigenvalue weighted by Crippen LogP contribution is -2.02. The summed E-state index contributed by atoms with van der Waals surface area (Å²) in [5, 5.41) is 0. The fraction of sp³-hybridized carbons (Fsp3) is 0.250. The van der Waals surface area contributed by atoms with Gasteiger partial charge in [0.2, 0.25) is 0 Å². The summed E-state index contributed by atoms with van der Waals surface area (Å²) in [6.45, 7) is -0.0559. The van der Waals surface area contributed by atoms with Crippen molar-refractivity contribution in [3.63, 3.8) is 0 Å². The molecule has 0 aliphatic rings. The number of hydrogen-bond acceptors (Lipinski definition) is 3. The molecule has 5 heteroatoms. The van der Waals surface area contributed by atoms with E-state index in [1.54, 1.807) is 6.26 Å². The summed E-state index contributed by atoms with van der Waals surface area (Å²) in [6, 6.07) is 2.51. The molecule has 0 unspecified atom stereocenters. The minimum atomic E-state index is -0.599. The maximum absolute atomic E-state index is 13.3. The third-order valence-electron chi connectivity index (χ3n) is 1.57. The van der Waals surface area contributed by atoms with Gasteiger partial charge in [0.1, 0.15) is 11.6 Å². The Morgan fingerprint density at radius 1 is 1.46 bits per heavy atom. The highest BCUT2D eigenvalue weighted by Gasteiger charge is 2.12. The van der Waals surface area contributed by atoms with Crippen LogP contribution in [0.5, 0.6) is 0 Å². The number of benzene rings is 1. The molecule has 2 N–H and O–H groups in total. The molecular weight excluding hydrogens is 196 g/mol. The van der Waals surface area contributed by atoms with E-state index in [0.717, 1.165) is 11.8 Å². The van der Waals surface area contributed by atoms with Gasteiger partial charge in [0, 0.05) is 5.56 Å². The van der Waals surface area contributed by atoms with Gasteiger partial charge in [0.25, 0.3) is 0 Å². The summed E-state index contributed by atoms with van der Waals surface area (Å²) in [4.78, 5) is 4.27. The highest BCUT2D eigenvalue weighted by atomic mass is 32.2. The second kappa shape index (κ2) is 4.55. The van der Waals surface area contributed by atoms with Crippen LogP contribution >= 0.6 is 11.8 Å². The third-order valence-corrected chi connectivity index (χ3v) is 2.35. The van der Waals surface area contributed by atoms with Gasteiger partial charge in [0.15, 0.2) is 0 Å². The second-order valence-corrected chi connectivity index (χ2v) is 3.18. The summed E-state index contributed by atoms with van der Waals surface area (Å²) in [5.74, 6) is 3.63. The van der Waals surface area contributed by atoms with E-state index in [2.05, 4.69) is 4.84 Å².